The van der Waals surface area contributed by atoms with E-state index in [2.05, 4.69) is 11.9 Å². The van der Waals surface area contributed by atoms with Crippen molar-refractivity contribution >= 4 is 23.4 Å². The highest BCUT2D eigenvalue weighted by atomic mass is 32.2. The molecule has 1 aromatic carbocycles. The number of carbonyl (C=O) groups is 1. The van der Waals surface area contributed by atoms with Gasteiger partial charge in [-0.25, -0.2) is 0 Å². The van der Waals surface area contributed by atoms with Crippen molar-refractivity contribution in [2.75, 3.05) is 11.1 Å². The summed E-state index contributed by atoms with van der Waals surface area (Å²) in [6.45, 7) is 5.48. The zero-order valence-electron chi connectivity index (χ0n) is 11.9. The van der Waals surface area contributed by atoms with E-state index in [0.717, 1.165) is 10.6 Å². The van der Waals surface area contributed by atoms with Gasteiger partial charge >= 0.3 is 0 Å². The van der Waals surface area contributed by atoms with Gasteiger partial charge in [-0.05, 0) is 30.7 Å². The number of benzene rings is 1. The second-order valence-electron chi connectivity index (χ2n) is 5.09. The van der Waals surface area contributed by atoms with E-state index in [1.54, 1.807) is 11.8 Å². The van der Waals surface area contributed by atoms with Crippen molar-refractivity contribution in [1.82, 2.24) is 0 Å². The molecule has 2 atom stereocenters. The summed E-state index contributed by atoms with van der Waals surface area (Å²) in [4.78, 5) is 23.9. The number of thioether (sulfide) groups is 1. The minimum Gasteiger partial charge on any atom is -0.325 e. The summed E-state index contributed by atoms with van der Waals surface area (Å²) in [5, 5.41) is 13.6. The summed E-state index contributed by atoms with van der Waals surface area (Å²) >= 11 is 1.65. The van der Waals surface area contributed by atoms with Gasteiger partial charge in [-0.15, -0.1) is 18.3 Å². The van der Waals surface area contributed by atoms with Crippen LogP contribution in [0.2, 0.25) is 0 Å². The third-order valence-electron chi connectivity index (χ3n) is 3.85. The number of nitro groups is 1. The van der Waals surface area contributed by atoms with Crippen LogP contribution in [0.1, 0.15) is 19.8 Å². The van der Waals surface area contributed by atoms with Crippen LogP contribution < -0.4 is 5.32 Å². The molecular formula is C15H18N2O3S. The standard InChI is InChI=1S/C15H18N2O3S/c1-3-9-21-12-7-5-11(6-8-12)16-14(18)15(4-2)10-13(15)17(19)20/h3,5-8,13H,1,4,9-10H2,2H3,(H,16,18). The van der Waals surface area contributed by atoms with E-state index in [0.29, 0.717) is 18.5 Å². The van der Waals surface area contributed by atoms with Crippen molar-refractivity contribution in [3.05, 3.63) is 47.0 Å². The lowest BCUT2D eigenvalue weighted by molar-refractivity contribution is -0.501. The van der Waals surface area contributed by atoms with E-state index in [4.69, 9.17) is 0 Å². The Morgan fingerprint density at radius 2 is 2.24 bits per heavy atom. The summed E-state index contributed by atoms with van der Waals surface area (Å²) in [6, 6.07) is 6.72. The van der Waals surface area contributed by atoms with E-state index in [9.17, 15) is 14.9 Å². The number of rotatable bonds is 7. The van der Waals surface area contributed by atoms with Gasteiger partial charge in [0.25, 0.3) is 0 Å². The van der Waals surface area contributed by atoms with Gasteiger partial charge in [0.15, 0.2) is 0 Å². The Kier molecular flexibility index (Phi) is 4.67. The number of hydrogen-bond donors (Lipinski definition) is 1. The lowest BCUT2D eigenvalue weighted by Crippen LogP contribution is -2.29. The lowest BCUT2D eigenvalue weighted by atomic mass is 10.0. The average molecular weight is 306 g/mol. The molecule has 0 saturated heterocycles. The van der Waals surface area contributed by atoms with E-state index >= 15 is 0 Å². The fourth-order valence-corrected chi connectivity index (χ4v) is 3.03. The van der Waals surface area contributed by atoms with Crippen molar-refractivity contribution in [3.63, 3.8) is 0 Å². The summed E-state index contributed by atoms with van der Waals surface area (Å²) in [6.07, 6.45) is 2.64. The maximum atomic E-state index is 12.3. The first-order valence-corrected chi connectivity index (χ1v) is 7.80. The molecule has 112 valence electrons. The topological polar surface area (TPSA) is 72.2 Å². The van der Waals surface area contributed by atoms with Crippen LogP contribution in [-0.4, -0.2) is 22.6 Å². The third kappa shape index (κ3) is 3.26. The van der Waals surface area contributed by atoms with Crippen LogP contribution in [0.25, 0.3) is 0 Å². The van der Waals surface area contributed by atoms with Crippen LogP contribution in [0.15, 0.2) is 41.8 Å². The summed E-state index contributed by atoms with van der Waals surface area (Å²) < 4.78 is 0. The Bertz CT molecular complexity index is 559. The molecule has 0 spiro atoms. The number of nitrogens with one attached hydrogen (secondary N) is 1. The van der Waals surface area contributed by atoms with Crippen molar-refractivity contribution in [3.8, 4) is 0 Å². The molecule has 1 N–H and O–H groups in total. The lowest BCUT2D eigenvalue weighted by Gasteiger charge is -2.12. The molecule has 1 saturated carbocycles. The van der Waals surface area contributed by atoms with Crippen molar-refractivity contribution in [2.45, 2.75) is 30.7 Å². The Labute approximate surface area is 128 Å². The highest BCUT2D eigenvalue weighted by Gasteiger charge is 2.67. The van der Waals surface area contributed by atoms with Gasteiger partial charge in [-0.1, -0.05) is 13.0 Å². The molecule has 1 aliphatic rings. The number of carbonyl (C=O) groups excluding carboxylic acids is 1. The second-order valence-corrected chi connectivity index (χ2v) is 6.19. The van der Waals surface area contributed by atoms with Crippen molar-refractivity contribution in [1.29, 1.82) is 0 Å². The Balaban J connectivity index is 2.00. The van der Waals surface area contributed by atoms with E-state index in [1.807, 2.05) is 37.3 Å². The zero-order chi connectivity index (χ0) is 15.5. The van der Waals surface area contributed by atoms with Crippen LogP contribution in [-0.2, 0) is 4.79 Å². The van der Waals surface area contributed by atoms with E-state index in [1.165, 1.54) is 0 Å². The molecule has 2 rings (SSSR count). The third-order valence-corrected chi connectivity index (χ3v) is 4.86. The van der Waals surface area contributed by atoms with Crippen LogP contribution in [0.4, 0.5) is 5.69 Å². The minimum absolute atomic E-state index is 0.252. The van der Waals surface area contributed by atoms with Gasteiger partial charge in [0.05, 0.1) is 0 Å². The van der Waals surface area contributed by atoms with Crippen molar-refractivity contribution in [2.24, 2.45) is 5.41 Å². The average Bonchev–Trinajstić information content (AvgIpc) is 3.23. The summed E-state index contributed by atoms with van der Waals surface area (Å²) in [5.74, 6) is 0.577. The Hall–Kier alpha value is -1.82. The van der Waals surface area contributed by atoms with Gasteiger partial charge in [0, 0.05) is 27.7 Å². The molecule has 0 aliphatic heterocycles. The summed E-state index contributed by atoms with van der Waals surface area (Å²) in [7, 11) is 0. The first kappa shape index (κ1) is 15.6. The first-order valence-electron chi connectivity index (χ1n) is 6.82. The monoisotopic (exact) mass is 306 g/mol. The summed E-state index contributed by atoms with van der Waals surface area (Å²) in [5.41, 5.74) is -0.162. The van der Waals surface area contributed by atoms with Crippen LogP contribution in [0, 0.1) is 15.5 Å². The highest BCUT2D eigenvalue weighted by molar-refractivity contribution is 7.99. The smallest absolute Gasteiger partial charge is 0.237 e. The number of anilines is 1. The molecule has 2 unspecified atom stereocenters. The quantitative estimate of drug-likeness (QED) is 0.363. The molecule has 1 aromatic rings. The molecule has 0 radical (unpaired) electrons. The largest absolute Gasteiger partial charge is 0.325 e. The second kappa shape index (κ2) is 6.30. The molecule has 1 amide bonds. The molecule has 0 bridgehead atoms. The molecule has 5 nitrogen and oxygen atoms in total. The molecule has 1 aliphatic carbocycles. The molecular weight excluding hydrogens is 288 g/mol. The molecule has 21 heavy (non-hydrogen) atoms. The molecule has 0 heterocycles. The van der Waals surface area contributed by atoms with Gasteiger partial charge in [-0.3, -0.25) is 14.9 Å². The Morgan fingerprint density at radius 3 is 2.71 bits per heavy atom. The number of nitrogens with zero attached hydrogens (tertiary/aromatic N) is 1. The van der Waals surface area contributed by atoms with Gasteiger partial charge < -0.3 is 5.32 Å². The maximum Gasteiger partial charge on any atom is 0.237 e. The van der Waals surface area contributed by atoms with E-state index < -0.39 is 11.5 Å². The van der Waals surface area contributed by atoms with Gasteiger partial charge in [0.1, 0.15) is 5.41 Å². The molecule has 0 aromatic heterocycles. The fourth-order valence-electron chi connectivity index (χ4n) is 2.39. The number of hydrogen-bond acceptors (Lipinski definition) is 4. The van der Waals surface area contributed by atoms with Crippen LogP contribution in [0.3, 0.4) is 0 Å². The molecule has 1 fully saturated rings. The van der Waals surface area contributed by atoms with Crippen molar-refractivity contribution < 1.29 is 9.72 Å². The predicted octanol–water partition coefficient (Wildman–Crippen LogP) is 3.35. The van der Waals surface area contributed by atoms with E-state index in [-0.39, 0.29) is 10.8 Å². The fraction of sp³-hybridized carbons (Fsp3) is 0.400. The Morgan fingerprint density at radius 1 is 1.57 bits per heavy atom. The molecule has 6 heteroatoms. The maximum absolute atomic E-state index is 12.3. The SMILES string of the molecule is C=CCSc1ccc(NC(=O)C2(CC)CC2[N+](=O)[O-])cc1. The normalized spacial score (nSPS) is 23.4. The highest BCUT2D eigenvalue weighted by Crippen LogP contribution is 2.51. The number of amides is 1. The van der Waals surface area contributed by atoms with Gasteiger partial charge in [-0.2, -0.15) is 0 Å². The first-order chi connectivity index (χ1) is 10.0. The predicted molar refractivity (Wildman–Crippen MR) is 84.1 cm³/mol. The van der Waals surface area contributed by atoms with Gasteiger partial charge in [0.2, 0.25) is 11.9 Å². The van der Waals surface area contributed by atoms with Crippen LogP contribution >= 0.6 is 11.8 Å². The van der Waals surface area contributed by atoms with Crippen LogP contribution in [0.5, 0.6) is 0 Å². The zero-order valence-corrected chi connectivity index (χ0v) is 12.7. The minimum atomic E-state index is -0.834.